The van der Waals surface area contributed by atoms with Crippen molar-refractivity contribution in [3.05, 3.63) is 48.2 Å². The molecule has 2 rings (SSSR count). The van der Waals surface area contributed by atoms with Crippen LogP contribution in [0.15, 0.2) is 42.6 Å². The Kier molecular flexibility index (Phi) is 4.31. The van der Waals surface area contributed by atoms with Crippen molar-refractivity contribution in [3.8, 4) is 17.0 Å². The highest BCUT2D eigenvalue weighted by Gasteiger charge is 2.05. The molecule has 0 amide bonds. The summed E-state index contributed by atoms with van der Waals surface area (Å²) < 4.78 is 5.37. The first-order valence-electron chi connectivity index (χ1n) is 6.14. The van der Waals surface area contributed by atoms with Gasteiger partial charge in [0.2, 0.25) is 0 Å². The molecular weight excluding hydrogens is 224 g/mol. The number of hydrogen-bond donors (Lipinski definition) is 1. The second-order valence-corrected chi connectivity index (χ2v) is 4.02. The van der Waals surface area contributed by atoms with Gasteiger partial charge < -0.3 is 10.1 Å². The van der Waals surface area contributed by atoms with Gasteiger partial charge in [0, 0.05) is 23.9 Å². The maximum atomic E-state index is 5.37. The van der Waals surface area contributed by atoms with Crippen molar-refractivity contribution in [2.75, 3.05) is 13.7 Å². The molecule has 0 aliphatic heterocycles. The van der Waals surface area contributed by atoms with Gasteiger partial charge in [-0.3, -0.25) is 4.98 Å². The van der Waals surface area contributed by atoms with Gasteiger partial charge in [-0.05, 0) is 36.9 Å². The molecule has 0 saturated heterocycles. The molecule has 0 bridgehead atoms. The van der Waals surface area contributed by atoms with Crippen LogP contribution in [0.1, 0.15) is 12.5 Å². The molecule has 0 saturated carbocycles. The van der Waals surface area contributed by atoms with Crippen molar-refractivity contribution in [2.45, 2.75) is 13.5 Å². The molecule has 0 atom stereocenters. The molecule has 0 unspecified atom stereocenters. The molecule has 2 aromatic rings. The third kappa shape index (κ3) is 2.87. The summed E-state index contributed by atoms with van der Waals surface area (Å²) in [7, 11) is 1.70. The van der Waals surface area contributed by atoms with Gasteiger partial charge in [-0.25, -0.2) is 0 Å². The van der Waals surface area contributed by atoms with Gasteiger partial charge in [0.25, 0.3) is 0 Å². The molecular formula is C15H18N2O. The van der Waals surface area contributed by atoms with Crippen LogP contribution in [0.5, 0.6) is 5.75 Å². The first-order chi connectivity index (χ1) is 8.85. The first-order valence-corrected chi connectivity index (χ1v) is 6.14. The summed E-state index contributed by atoms with van der Waals surface area (Å²) >= 11 is 0. The molecule has 0 spiro atoms. The van der Waals surface area contributed by atoms with Crippen LogP contribution in [-0.2, 0) is 6.54 Å². The summed E-state index contributed by atoms with van der Waals surface area (Å²) in [4.78, 5) is 4.36. The van der Waals surface area contributed by atoms with Crippen LogP contribution < -0.4 is 10.1 Å². The Hall–Kier alpha value is -1.87. The van der Waals surface area contributed by atoms with Crippen molar-refractivity contribution in [1.29, 1.82) is 0 Å². The van der Waals surface area contributed by atoms with E-state index in [-0.39, 0.29) is 0 Å². The summed E-state index contributed by atoms with van der Waals surface area (Å²) in [5.74, 6) is 0.913. The highest BCUT2D eigenvalue weighted by Crippen LogP contribution is 2.25. The van der Waals surface area contributed by atoms with E-state index in [2.05, 4.69) is 23.3 Å². The number of benzene rings is 1. The molecule has 3 nitrogen and oxygen atoms in total. The maximum Gasteiger partial charge on any atom is 0.123 e. The SMILES string of the molecule is CCNCc1cc(-c2ccccn2)ccc1OC. The fourth-order valence-corrected chi connectivity index (χ4v) is 1.87. The van der Waals surface area contributed by atoms with Crippen molar-refractivity contribution in [1.82, 2.24) is 10.3 Å². The number of methoxy groups -OCH3 is 1. The zero-order valence-electron chi connectivity index (χ0n) is 10.8. The Balaban J connectivity index is 2.33. The average Bonchev–Trinajstić information content (AvgIpc) is 2.45. The minimum atomic E-state index is 0.806. The number of rotatable bonds is 5. The zero-order valence-corrected chi connectivity index (χ0v) is 10.8. The first kappa shape index (κ1) is 12.6. The molecule has 1 aromatic carbocycles. The normalized spacial score (nSPS) is 10.3. The van der Waals surface area contributed by atoms with Crippen LogP contribution in [0.3, 0.4) is 0 Å². The van der Waals surface area contributed by atoms with Crippen LogP contribution in [-0.4, -0.2) is 18.6 Å². The molecule has 0 aliphatic carbocycles. The molecule has 3 heteroatoms. The predicted octanol–water partition coefficient (Wildman–Crippen LogP) is 2.87. The van der Waals surface area contributed by atoms with E-state index in [0.29, 0.717) is 0 Å². The predicted molar refractivity (Wildman–Crippen MR) is 73.6 cm³/mol. The van der Waals surface area contributed by atoms with Gasteiger partial charge in [-0.15, -0.1) is 0 Å². The highest BCUT2D eigenvalue weighted by molar-refractivity contribution is 5.61. The standard InChI is InChI=1S/C15H18N2O/c1-3-16-11-13-10-12(7-8-15(13)18-2)14-6-4-5-9-17-14/h4-10,16H,3,11H2,1-2H3. The average molecular weight is 242 g/mol. The molecule has 1 N–H and O–H groups in total. The summed E-state index contributed by atoms with van der Waals surface area (Å²) in [6.45, 7) is 3.84. The van der Waals surface area contributed by atoms with E-state index in [9.17, 15) is 0 Å². The van der Waals surface area contributed by atoms with E-state index in [1.165, 1.54) is 0 Å². The second-order valence-electron chi connectivity index (χ2n) is 4.02. The van der Waals surface area contributed by atoms with Crippen molar-refractivity contribution >= 4 is 0 Å². The number of pyridine rings is 1. The van der Waals surface area contributed by atoms with Crippen LogP contribution >= 0.6 is 0 Å². The Morgan fingerprint density at radius 1 is 1.22 bits per heavy atom. The van der Waals surface area contributed by atoms with E-state index in [1.807, 2.05) is 36.5 Å². The quantitative estimate of drug-likeness (QED) is 0.875. The minimum Gasteiger partial charge on any atom is -0.496 e. The van der Waals surface area contributed by atoms with E-state index >= 15 is 0 Å². The number of aromatic nitrogens is 1. The van der Waals surface area contributed by atoms with Crippen LogP contribution in [0.4, 0.5) is 0 Å². The van der Waals surface area contributed by atoms with Gasteiger partial charge in [0.05, 0.1) is 12.8 Å². The third-order valence-corrected chi connectivity index (χ3v) is 2.81. The van der Waals surface area contributed by atoms with Crippen LogP contribution in [0.25, 0.3) is 11.3 Å². The second kappa shape index (κ2) is 6.17. The topological polar surface area (TPSA) is 34.2 Å². The molecule has 0 aliphatic rings. The largest absolute Gasteiger partial charge is 0.496 e. The van der Waals surface area contributed by atoms with Gasteiger partial charge in [-0.2, -0.15) is 0 Å². The summed E-state index contributed by atoms with van der Waals surface area (Å²) in [5, 5.41) is 3.32. The van der Waals surface area contributed by atoms with E-state index < -0.39 is 0 Å². The van der Waals surface area contributed by atoms with E-state index in [0.717, 1.165) is 35.7 Å². The fourth-order valence-electron chi connectivity index (χ4n) is 1.87. The summed E-state index contributed by atoms with van der Waals surface area (Å²) in [6.07, 6.45) is 1.81. The molecule has 1 aromatic heterocycles. The van der Waals surface area contributed by atoms with Crippen LogP contribution in [0.2, 0.25) is 0 Å². The minimum absolute atomic E-state index is 0.806. The lowest BCUT2D eigenvalue weighted by Gasteiger charge is -2.11. The highest BCUT2D eigenvalue weighted by atomic mass is 16.5. The van der Waals surface area contributed by atoms with E-state index in [4.69, 9.17) is 4.74 Å². The molecule has 1 heterocycles. The van der Waals surface area contributed by atoms with Crippen molar-refractivity contribution in [3.63, 3.8) is 0 Å². The fraction of sp³-hybridized carbons (Fsp3) is 0.267. The van der Waals surface area contributed by atoms with E-state index in [1.54, 1.807) is 7.11 Å². The van der Waals surface area contributed by atoms with Gasteiger partial charge in [0.15, 0.2) is 0 Å². The Morgan fingerprint density at radius 2 is 2.11 bits per heavy atom. The molecule has 0 radical (unpaired) electrons. The maximum absolute atomic E-state index is 5.37. The Bertz CT molecular complexity index is 497. The number of nitrogens with one attached hydrogen (secondary N) is 1. The molecule has 94 valence electrons. The van der Waals surface area contributed by atoms with Crippen molar-refractivity contribution in [2.24, 2.45) is 0 Å². The lowest BCUT2D eigenvalue weighted by molar-refractivity contribution is 0.408. The third-order valence-electron chi connectivity index (χ3n) is 2.81. The van der Waals surface area contributed by atoms with Crippen molar-refractivity contribution < 1.29 is 4.74 Å². The number of nitrogens with zero attached hydrogens (tertiary/aromatic N) is 1. The molecule has 0 fully saturated rings. The van der Waals surface area contributed by atoms with Gasteiger partial charge >= 0.3 is 0 Å². The molecule has 18 heavy (non-hydrogen) atoms. The number of ether oxygens (including phenoxy) is 1. The smallest absolute Gasteiger partial charge is 0.123 e. The monoisotopic (exact) mass is 242 g/mol. The summed E-state index contributed by atoms with van der Waals surface area (Å²) in [6, 6.07) is 12.1. The summed E-state index contributed by atoms with van der Waals surface area (Å²) in [5.41, 5.74) is 3.25. The van der Waals surface area contributed by atoms with Gasteiger partial charge in [0.1, 0.15) is 5.75 Å². The van der Waals surface area contributed by atoms with Crippen LogP contribution in [0, 0.1) is 0 Å². The Morgan fingerprint density at radius 3 is 2.78 bits per heavy atom. The van der Waals surface area contributed by atoms with Gasteiger partial charge in [-0.1, -0.05) is 13.0 Å². The lowest BCUT2D eigenvalue weighted by atomic mass is 10.1. The number of hydrogen-bond acceptors (Lipinski definition) is 3. The Labute approximate surface area is 108 Å². The zero-order chi connectivity index (χ0) is 12.8. The lowest BCUT2D eigenvalue weighted by Crippen LogP contribution is -2.12.